The molecule has 0 aromatic heterocycles. The third-order valence-electron chi connectivity index (χ3n) is 5.96. The predicted molar refractivity (Wildman–Crippen MR) is 148 cm³/mol. The SMILES string of the molecule is CO.COCOCC1CCCC1.COc1cccc(C)c1C.O=Cc1ccc(-c2ccccc2)cc1. The lowest BCUT2D eigenvalue weighted by molar-refractivity contribution is -0.0425. The highest BCUT2D eigenvalue weighted by Gasteiger charge is 2.14. The second kappa shape index (κ2) is 19.2. The fourth-order valence-corrected chi connectivity index (χ4v) is 3.81. The normalized spacial score (nSPS) is 12.2. The van der Waals surface area contributed by atoms with Gasteiger partial charge in [0.25, 0.3) is 0 Å². The van der Waals surface area contributed by atoms with Gasteiger partial charge < -0.3 is 19.3 Å². The number of methoxy groups -OCH3 is 2. The first-order chi connectivity index (χ1) is 17.6. The van der Waals surface area contributed by atoms with Crippen LogP contribution in [0.2, 0.25) is 0 Å². The number of aryl methyl sites for hydroxylation is 1. The molecule has 3 aromatic carbocycles. The monoisotopic (exact) mass is 494 g/mol. The van der Waals surface area contributed by atoms with E-state index in [-0.39, 0.29) is 0 Å². The zero-order valence-electron chi connectivity index (χ0n) is 22.4. The molecule has 0 unspecified atom stereocenters. The summed E-state index contributed by atoms with van der Waals surface area (Å²) >= 11 is 0. The van der Waals surface area contributed by atoms with Crippen LogP contribution in [0.4, 0.5) is 0 Å². The standard InChI is InChI=1S/C13H10O.C9H12O.C8H16O2.CH4O/c14-10-11-6-8-13(9-7-11)12-4-2-1-3-5-12;1-7-5-4-6-9(10-3)8(7)2;1-9-7-10-6-8-4-2-3-5-8;1-2/h1-10H;4-6H,1-3H3;8H,2-7H2,1H3;2H,1H3. The van der Waals surface area contributed by atoms with Gasteiger partial charge in [-0.3, -0.25) is 4.79 Å². The summed E-state index contributed by atoms with van der Waals surface area (Å²) in [6.45, 7) is 5.50. The van der Waals surface area contributed by atoms with Crippen LogP contribution in [0.1, 0.15) is 47.2 Å². The van der Waals surface area contributed by atoms with Crippen LogP contribution in [0.5, 0.6) is 5.75 Å². The predicted octanol–water partition coefficient (Wildman–Crippen LogP) is 6.88. The van der Waals surface area contributed by atoms with Gasteiger partial charge >= 0.3 is 0 Å². The van der Waals surface area contributed by atoms with Crippen LogP contribution in [0.25, 0.3) is 11.1 Å². The molecular formula is C31H42O5. The minimum atomic E-state index is 0.455. The zero-order valence-corrected chi connectivity index (χ0v) is 22.4. The number of ether oxygens (including phenoxy) is 3. The van der Waals surface area contributed by atoms with Gasteiger partial charge in [-0.2, -0.15) is 0 Å². The molecular weight excluding hydrogens is 452 g/mol. The highest BCUT2D eigenvalue weighted by Crippen LogP contribution is 2.24. The lowest BCUT2D eigenvalue weighted by Crippen LogP contribution is -2.06. The number of rotatable bonds is 7. The molecule has 5 heteroatoms. The molecule has 1 saturated carbocycles. The molecule has 196 valence electrons. The second-order valence-electron chi connectivity index (χ2n) is 8.44. The Bertz CT molecular complexity index is 948. The Morgan fingerprint density at radius 2 is 1.44 bits per heavy atom. The molecule has 0 atom stereocenters. The number of hydrogen-bond donors (Lipinski definition) is 1. The molecule has 0 bridgehead atoms. The zero-order chi connectivity index (χ0) is 26.6. The van der Waals surface area contributed by atoms with Gasteiger partial charge in [0.15, 0.2) is 0 Å². The smallest absolute Gasteiger partial charge is 0.150 e. The number of aldehydes is 1. The molecule has 1 aliphatic rings. The maximum absolute atomic E-state index is 10.5. The van der Waals surface area contributed by atoms with E-state index >= 15 is 0 Å². The molecule has 1 fully saturated rings. The van der Waals surface area contributed by atoms with Gasteiger partial charge in [-0.25, -0.2) is 0 Å². The molecule has 3 aromatic rings. The quantitative estimate of drug-likeness (QED) is 0.220. The largest absolute Gasteiger partial charge is 0.496 e. The first-order valence-corrected chi connectivity index (χ1v) is 12.3. The average Bonchev–Trinajstić information content (AvgIpc) is 3.46. The van der Waals surface area contributed by atoms with Crippen LogP contribution in [-0.4, -0.2) is 46.1 Å². The minimum absolute atomic E-state index is 0.455. The second-order valence-corrected chi connectivity index (χ2v) is 8.44. The summed E-state index contributed by atoms with van der Waals surface area (Å²) in [6.07, 6.45) is 6.34. The molecule has 0 saturated heterocycles. The number of carbonyl (C=O) groups excluding carboxylic acids is 1. The minimum Gasteiger partial charge on any atom is -0.496 e. The van der Waals surface area contributed by atoms with Crippen molar-refractivity contribution in [1.29, 1.82) is 0 Å². The molecule has 1 aliphatic carbocycles. The Morgan fingerprint density at radius 1 is 0.833 bits per heavy atom. The lowest BCUT2D eigenvalue weighted by Gasteiger charge is -2.07. The highest BCUT2D eigenvalue weighted by molar-refractivity contribution is 5.76. The number of hydrogen-bond acceptors (Lipinski definition) is 5. The fourth-order valence-electron chi connectivity index (χ4n) is 3.81. The maximum Gasteiger partial charge on any atom is 0.150 e. The Labute approximate surface area is 217 Å². The lowest BCUT2D eigenvalue weighted by atomic mass is 10.0. The Kier molecular flexibility index (Phi) is 16.6. The Morgan fingerprint density at radius 3 is 1.97 bits per heavy atom. The molecule has 0 spiro atoms. The van der Waals surface area contributed by atoms with Gasteiger partial charge in [-0.05, 0) is 60.9 Å². The van der Waals surface area contributed by atoms with E-state index in [9.17, 15) is 4.79 Å². The summed E-state index contributed by atoms with van der Waals surface area (Å²) in [5.41, 5.74) is 5.52. The molecule has 1 N–H and O–H groups in total. The molecule has 0 aliphatic heterocycles. The number of aliphatic hydroxyl groups excluding tert-OH is 1. The Hall–Kier alpha value is -2.99. The van der Waals surface area contributed by atoms with Gasteiger partial charge in [0.2, 0.25) is 0 Å². The highest BCUT2D eigenvalue weighted by atomic mass is 16.7. The van der Waals surface area contributed by atoms with Crippen molar-refractivity contribution in [3.8, 4) is 16.9 Å². The molecule has 4 rings (SSSR count). The molecule has 0 heterocycles. The molecule has 0 amide bonds. The van der Waals surface area contributed by atoms with Crippen molar-refractivity contribution in [3.05, 3.63) is 89.5 Å². The average molecular weight is 495 g/mol. The van der Waals surface area contributed by atoms with E-state index in [2.05, 4.69) is 32.0 Å². The van der Waals surface area contributed by atoms with Crippen molar-refractivity contribution in [2.75, 3.05) is 34.7 Å². The summed E-state index contributed by atoms with van der Waals surface area (Å²) < 4.78 is 15.1. The van der Waals surface area contributed by atoms with Gasteiger partial charge in [0.1, 0.15) is 18.8 Å². The Balaban J connectivity index is 0.000000266. The van der Waals surface area contributed by atoms with Crippen molar-refractivity contribution in [2.45, 2.75) is 39.5 Å². The third kappa shape index (κ3) is 11.6. The van der Waals surface area contributed by atoms with Crippen molar-refractivity contribution in [2.24, 2.45) is 5.92 Å². The van der Waals surface area contributed by atoms with E-state index in [0.29, 0.717) is 12.4 Å². The number of carbonyl (C=O) groups is 1. The molecule has 5 nitrogen and oxygen atoms in total. The molecule has 36 heavy (non-hydrogen) atoms. The van der Waals surface area contributed by atoms with Crippen LogP contribution in [0.15, 0.2) is 72.8 Å². The van der Waals surface area contributed by atoms with Gasteiger partial charge in [0, 0.05) is 19.8 Å². The third-order valence-corrected chi connectivity index (χ3v) is 5.96. The summed E-state index contributed by atoms with van der Waals surface area (Å²) in [5.74, 6) is 1.79. The van der Waals surface area contributed by atoms with Crippen molar-refractivity contribution < 1.29 is 24.1 Å². The topological polar surface area (TPSA) is 65.0 Å². The van der Waals surface area contributed by atoms with Crippen molar-refractivity contribution in [3.63, 3.8) is 0 Å². The number of aliphatic hydroxyl groups is 1. The van der Waals surface area contributed by atoms with Crippen LogP contribution < -0.4 is 4.74 Å². The van der Waals surface area contributed by atoms with E-state index in [1.165, 1.54) is 42.4 Å². The first kappa shape index (κ1) is 31.0. The van der Waals surface area contributed by atoms with Crippen LogP contribution in [0, 0.1) is 19.8 Å². The van der Waals surface area contributed by atoms with Gasteiger partial charge in [0.05, 0.1) is 13.7 Å². The first-order valence-electron chi connectivity index (χ1n) is 12.3. The van der Waals surface area contributed by atoms with E-state index in [0.717, 1.165) is 37.2 Å². The summed E-state index contributed by atoms with van der Waals surface area (Å²) in [4.78, 5) is 10.5. The summed E-state index contributed by atoms with van der Waals surface area (Å²) in [5, 5.41) is 7.00. The van der Waals surface area contributed by atoms with E-state index in [1.807, 2.05) is 54.6 Å². The molecule has 0 radical (unpaired) electrons. The van der Waals surface area contributed by atoms with Crippen LogP contribution >= 0.6 is 0 Å². The number of benzene rings is 3. The van der Waals surface area contributed by atoms with Crippen LogP contribution in [0.3, 0.4) is 0 Å². The van der Waals surface area contributed by atoms with Crippen molar-refractivity contribution >= 4 is 6.29 Å². The summed E-state index contributed by atoms with van der Waals surface area (Å²) in [6, 6.07) is 23.7. The van der Waals surface area contributed by atoms with E-state index in [4.69, 9.17) is 19.3 Å². The van der Waals surface area contributed by atoms with Crippen molar-refractivity contribution in [1.82, 2.24) is 0 Å². The van der Waals surface area contributed by atoms with E-state index < -0.39 is 0 Å². The fraction of sp³-hybridized carbons (Fsp3) is 0.387. The summed E-state index contributed by atoms with van der Waals surface area (Å²) in [7, 11) is 4.36. The van der Waals surface area contributed by atoms with Crippen LogP contribution in [-0.2, 0) is 9.47 Å². The van der Waals surface area contributed by atoms with Gasteiger partial charge in [-0.1, -0.05) is 79.6 Å². The maximum atomic E-state index is 10.5. The van der Waals surface area contributed by atoms with E-state index in [1.54, 1.807) is 14.2 Å². The van der Waals surface area contributed by atoms with Gasteiger partial charge in [-0.15, -0.1) is 0 Å².